The minimum atomic E-state index is 0.787. The first-order chi connectivity index (χ1) is 5.72. The first kappa shape index (κ1) is 9.30. The molecule has 2 heteroatoms. The first-order valence-corrected chi connectivity index (χ1v) is 4.73. The van der Waals surface area contributed by atoms with Gasteiger partial charge in [-0.3, -0.25) is 4.68 Å². The normalized spacial score (nSPS) is 11.0. The molecule has 0 aliphatic rings. The molecule has 0 atom stereocenters. The fraction of sp³-hybridized carbons (Fsp3) is 0.700. The van der Waals surface area contributed by atoms with E-state index >= 15 is 0 Å². The summed E-state index contributed by atoms with van der Waals surface area (Å²) in [4.78, 5) is 0. The maximum Gasteiger partial charge on any atom is 0.0521 e. The van der Waals surface area contributed by atoms with E-state index in [-0.39, 0.29) is 0 Å². The molecule has 2 nitrogen and oxygen atoms in total. The molecule has 12 heavy (non-hydrogen) atoms. The lowest BCUT2D eigenvalue weighted by atomic mass is 10.1. The monoisotopic (exact) mass is 166 g/mol. The van der Waals surface area contributed by atoms with Crippen LogP contribution in [0.4, 0.5) is 0 Å². The molecular weight excluding hydrogens is 148 g/mol. The second-order valence-corrected chi connectivity index (χ2v) is 3.64. The van der Waals surface area contributed by atoms with E-state index in [4.69, 9.17) is 0 Å². The Balaban J connectivity index is 2.41. The molecule has 0 aliphatic heterocycles. The fourth-order valence-electron chi connectivity index (χ4n) is 1.16. The molecule has 0 amide bonds. The molecule has 0 radical (unpaired) electrons. The second-order valence-electron chi connectivity index (χ2n) is 3.64. The van der Waals surface area contributed by atoms with E-state index in [0.29, 0.717) is 0 Å². The van der Waals surface area contributed by atoms with Gasteiger partial charge in [0.1, 0.15) is 0 Å². The predicted molar refractivity (Wildman–Crippen MR) is 51.1 cm³/mol. The molecule has 0 saturated carbocycles. The van der Waals surface area contributed by atoms with Crippen LogP contribution >= 0.6 is 0 Å². The fourth-order valence-corrected chi connectivity index (χ4v) is 1.16. The number of aryl methyl sites for hydroxylation is 2. The zero-order valence-corrected chi connectivity index (χ0v) is 8.25. The number of nitrogens with zero attached hydrogens (tertiary/aromatic N) is 2. The van der Waals surface area contributed by atoms with Crippen LogP contribution < -0.4 is 0 Å². The summed E-state index contributed by atoms with van der Waals surface area (Å²) in [5, 5.41) is 4.23. The van der Waals surface area contributed by atoms with Crippen molar-refractivity contribution >= 4 is 0 Å². The highest BCUT2D eigenvalue weighted by Crippen LogP contribution is 2.07. The van der Waals surface area contributed by atoms with Crippen LogP contribution in [0.25, 0.3) is 0 Å². The third-order valence-corrected chi connectivity index (χ3v) is 2.02. The molecule has 0 spiro atoms. The first-order valence-electron chi connectivity index (χ1n) is 4.73. The standard InChI is InChI=1S/C10H18N2/c1-4-12-8-10(7-11-12)6-5-9(2)3/h7-9H,4-6H2,1-3H3. The van der Waals surface area contributed by atoms with Crippen LogP contribution in [0.5, 0.6) is 0 Å². The highest BCUT2D eigenvalue weighted by molar-refractivity contribution is 5.03. The minimum absolute atomic E-state index is 0.787. The molecular formula is C10H18N2. The van der Waals surface area contributed by atoms with Crippen molar-refractivity contribution in [1.29, 1.82) is 0 Å². The largest absolute Gasteiger partial charge is 0.273 e. The molecule has 0 aromatic carbocycles. The van der Waals surface area contributed by atoms with Crippen molar-refractivity contribution in [3.8, 4) is 0 Å². The summed E-state index contributed by atoms with van der Waals surface area (Å²) in [7, 11) is 0. The van der Waals surface area contributed by atoms with Crippen molar-refractivity contribution in [3.63, 3.8) is 0 Å². The maximum atomic E-state index is 4.23. The third kappa shape index (κ3) is 2.68. The topological polar surface area (TPSA) is 17.8 Å². The van der Waals surface area contributed by atoms with Crippen LogP contribution in [0.2, 0.25) is 0 Å². The molecule has 1 aromatic heterocycles. The Bertz CT molecular complexity index is 225. The van der Waals surface area contributed by atoms with Crippen molar-refractivity contribution in [2.75, 3.05) is 0 Å². The van der Waals surface area contributed by atoms with Crippen LogP contribution in [0, 0.1) is 5.92 Å². The molecule has 68 valence electrons. The van der Waals surface area contributed by atoms with E-state index in [9.17, 15) is 0 Å². The molecule has 0 fully saturated rings. The summed E-state index contributed by atoms with van der Waals surface area (Å²) in [6.07, 6.45) is 6.54. The molecule has 1 heterocycles. The van der Waals surface area contributed by atoms with Gasteiger partial charge >= 0.3 is 0 Å². The van der Waals surface area contributed by atoms with Crippen LogP contribution in [0.1, 0.15) is 32.8 Å². The summed E-state index contributed by atoms with van der Waals surface area (Å²) < 4.78 is 1.98. The van der Waals surface area contributed by atoms with Gasteiger partial charge < -0.3 is 0 Å². The smallest absolute Gasteiger partial charge is 0.0521 e. The lowest BCUT2D eigenvalue weighted by molar-refractivity contribution is 0.586. The Morgan fingerprint density at radius 3 is 2.75 bits per heavy atom. The van der Waals surface area contributed by atoms with Crippen LogP contribution in [-0.2, 0) is 13.0 Å². The molecule has 0 N–H and O–H groups in total. The van der Waals surface area contributed by atoms with E-state index < -0.39 is 0 Å². The van der Waals surface area contributed by atoms with Gasteiger partial charge in [0.25, 0.3) is 0 Å². The number of hydrogen-bond donors (Lipinski definition) is 0. The highest BCUT2D eigenvalue weighted by atomic mass is 15.3. The highest BCUT2D eigenvalue weighted by Gasteiger charge is 1.98. The second kappa shape index (κ2) is 4.29. The summed E-state index contributed by atoms with van der Waals surface area (Å²) >= 11 is 0. The summed E-state index contributed by atoms with van der Waals surface area (Å²) in [5.41, 5.74) is 1.37. The number of hydrogen-bond acceptors (Lipinski definition) is 1. The van der Waals surface area contributed by atoms with Gasteiger partial charge in [0.15, 0.2) is 0 Å². The van der Waals surface area contributed by atoms with Crippen molar-refractivity contribution in [2.45, 2.75) is 40.2 Å². The molecule has 0 bridgehead atoms. The van der Waals surface area contributed by atoms with Gasteiger partial charge in [0, 0.05) is 12.7 Å². The summed E-state index contributed by atoms with van der Waals surface area (Å²) in [5.74, 6) is 0.787. The average molecular weight is 166 g/mol. The Morgan fingerprint density at radius 2 is 2.25 bits per heavy atom. The van der Waals surface area contributed by atoms with Crippen molar-refractivity contribution in [2.24, 2.45) is 5.92 Å². The van der Waals surface area contributed by atoms with Gasteiger partial charge in [-0.1, -0.05) is 13.8 Å². The zero-order chi connectivity index (χ0) is 8.97. The Kier molecular flexibility index (Phi) is 3.32. The van der Waals surface area contributed by atoms with Gasteiger partial charge in [-0.05, 0) is 31.2 Å². The van der Waals surface area contributed by atoms with Gasteiger partial charge in [0.2, 0.25) is 0 Å². The van der Waals surface area contributed by atoms with Crippen molar-refractivity contribution in [1.82, 2.24) is 9.78 Å². The van der Waals surface area contributed by atoms with Crippen molar-refractivity contribution < 1.29 is 0 Å². The van der Waals surface area contributed by atoms with Gasteiger partial charge in [-0.2, -0.15) is 5.10 Å². The molecule has 0 saturated heterocycles. The van der Waals surface area contributed by atoms with E-state index in [2.05, 4.69) is 32.1 Å². The quantitative estimate of drug-likeness (QED) is 0.672. The number of aromatic nitrogens is 2. The predicted octanol–water partition coefficient (Wildman–Crippen LogP) is 2.49. The van der Waals surface area contributed by atoms with Gasteiger partial charge in [-0.25, -0.2) is 0 Å². The Labute approximate surface area is 74.6 Å². The molecule has 0 aliphatic carbocycles. The van der Waals surface area contributed by atoms with Crippen LogP contribution in [0.3, 0.4) is 0 Å². The minimum Gasteiger partial charge on any atom is -0.273 e. The van der Waals surface area contributed by atoms with E-state index in [1.54, 1.807) is 0 Å². The maximum absolute atomic E-state index is 4.23. The molecule has 0 unspecified atom stereocenters. The average Bonchev–Trinajstić information content (AvgIpc) is 2.48. The SMILES string of the molecule is CCn1cc(CCC(C)C)cn1. The Hall–Kier alpha value is -0.790. The summed E-state index contributed by atoms with van der Waals surface area (Å²) in [6.45, 7) is 7.59. The van der Waals surface area contributed by atoms with Gasteiger partial charge in [0.05, 0.1) is 6.20 Å². The number of rotatable bonds is 4. The molecule has 1 aromatic rings. The van der Waals surface area contributed by atoms with E-state index in [1.165, 1.54) is 12.0 Å². The zero-order valence-electron chi connectivity index (χ0n) is 8.25. The lowest BCUT2D eigenvalue weighted by Gasteiger charge is -2.00. The summed E-state index contributed by atoms with van der Waals surface area (Å²) in [6, 6.07) is 0. The van der Waals surface area contributed by atoms with Crippen LogP contribution in [-0.4, -0.2) is 9.78 Å². The molecule has 1 rings (SSSR count). The third-order valence-electron chi connectivity index (χ3n) is 2.02. The van der Waals surface area contributed by atoms with E-state index in [0.717, 1.165) is 18.9 Å². The lowest BCUT2D eigenvalue weighted by Crippen LogP contribution is -1.93. The Morgan fingerprint density at radius 1 is 1.50 bits per heavy atom. The van der Waals surface area contributed by atoms with Crippen molar-refractivity contribution in [3.05, 3.63) is 18.0 Å². The van der Waals surface area contributed by atoms with E-state index in [1.807, 2.05) is 10.9 Å². The van der Waals surface area contributed by atoms with Crippen LogP contribution in [0.15, 0.2) is 12.4 Å². The van der Waals surface area contributed by atoms with Gasteiger partial charge in [-0.15, -0.1) is 0 Å².